The van der Waals surface area contributed by atoms with E-state index in [4.69, 9.17) is 26.3 Å². The van der Waals surface area contributed by atoms with Crippen LogP contribution in [0.2, 0.25) is 5.02 Å². The van der Waals surface area contributed by atoms with Gasteiger partial charge in [0.15, 0.2) is 0 Å². The Hall–Kier alpha value is -3.40. The second-order valence-electron chi connectivity index (χ2n) is 14.7. The monoisotopic (exact) mass is 698 g/mol. The third-order valence-corrected chi connectivity index (χ3v) is 11.4. The summed E-state index contributed by atoms with van der Waals surface area (Å²) in [6, 6.07) is 18.1. The Labute approximate surface area is 281 Å². The Kier molecular flexibility index (Phi) is 6.29. The molecule has 4 heterocycles. The number of aromatic nitrogens is 4. The average Bonchev–Trinajstić information content (AvgIpc) is 3.74. The molecule has 5 aromatic rings. The van der Waals surface area contributed by atoms with Crippen LogP contribution in [-0.4, -0.2) is 60.6 Å². The van der Waals surface area contributed by atoms with Crippen molar-refractivity contribution >= 4 is 55.4 Å². The first-order valence-electron chi connectivity index (χ1n) is 16.2. The van der Waals surface area contributed by atoms with Crippen molar-refractivity contribution in [3.63, 3.8) is 0 Å². The zero-order valence-corrected chi connectivity index (χ0v) is 28.6. The van der Waals surface area contributed by atoms with Crippen LogP contribution >= 0.6 is 27.5 Å². The van der Waals surface area contributed by atoms with Gasteiger partial charge in [0.1, 0.15) is 27.5 Å². The van der Waals surface area contributed by atoms with Gasteiger partial charge in [0.25, 0.3) is 0 Å². The number of hydrogen-bond donors (Lipinski definition) is 2. The SMILES string of the molecule is CN1[C@@H]2C[C@@H]2C[C@H]1c1nc(-c2ccc(-c3ccc4c(c3)c(Cl)cc3[nH]c([C@@H]5C[C@H]6C[C@H]6N5C(=O)OC(C)(C)C)nc34)cc2)c(Br)[nH]1. The smallest absolute Gasteiger partial charge is 0.411 e. The number of nitrogens with zero attached hydrogens (tertiary/aromatic N) is 4. The fourth-order valence-corrected chi connectivity index (χ4v) is 8.78. The number of carbonyl (C=O) groups excluding carboxylic acids is 1. The predicted molar refractivity (Wildman–Crippen MR) is 184 cm³/mol. The molecule has 4 fully saturated rings. The molecule has 8 nitrogen and oxygen atoms in total. The van der Waals surface area contributed by atoms with Crippen LogP contribution in [-0.2, 0) is 4.74 Å². The summed E-state index contributed by atoms with van der Waals surface area (Å²) in [5, 5.41) is 2.60. The first-order chi connectivity index (χ1) is 22.0. The maximum atomic E-state index is 13.2. The Morgan fingerprint density at radius 1 is 0.870 bits per heavy atom. The summed E-state index contributed by atoms with van der Waals surface area (Å²) in [4.78, 5) is 34.6. The normalized spacial score (nSPS) is 27.0. The van der Waals surface area contributed by atoms with E-state index in [1.54, 1.807) is 0 Å². The van der Waals surface area contributed by atoms with E-state index < -0.39 is 5.60 Å². The van der Waals surface area contributed by atoms with Crippen molar-refractivity contribution in [3.8, 4) is 22.4 Å². The molecule has 6 atom stereocenters. The maximum Gasteiger partial charge on any atom is 0.411 e. The molecule has 2 aliphatic carbocycles. The molecule has 9 rings (SSSR count). The van der Waals surface area contributed by atoms with Crippen molar-refractivity contribution in [2.75, 3.05) is 7.05 Å². The fourth-order valence-electron chi connectivity index (χ4n) is 7.99. The molecule has 0 unspecified atom stereocenters. The van der Waals surface area contributed by atoms with Gasteiger partial charge in [-0.15, -0.1) is 0 Å². The first-order valence-corrected chi connectivity index (χ1v) is 17.4. The lowest BCUT2D eigenvalue weighted by Crippen LogP contribution is -2.38. The van der Waals surface area contributed by atoms with Crippen LogP contribution in [0.15, 0.2) is 53.1 Å². The minimum atomic E-state index is -0.546. The highest BCUT2D eigenvalue weighted by Gasteiger charge is 2.56. The summed E-state index contributed by atoms with van der Waals surface area (Å²) in [6.07, 6.45) is 4.17. The van der Waals surface area contributed by atoms with Crippen LogP contribution < -0.4 is 0 Å². The van der Waals surface area contributed by atoms with Gasteiger partial charge in [0.05, 0.1) is 28.1 Å². The summed E-state index contributed by atoms with van der Waals surface area (Å²) < 4.78 is 6.70. The van der Waals surface area contributed by atoms with Crippen molar-refractivity contribution in [1.82, 2.24) is 29.7 Å². The summed E-state index contributed by atoms with van der Waals surface area (Å²) in [7, 11) is 2.22. The Bertz CT molecular complexity index is 2050. The molecule has 2 aliphatic heterocycles. The summed E-state index contributed by atoms with van der Waals surface area (Å²) in [5.41, 5.74) is 5.39. The van der Waals surface area contributed by atoms with E-state index >= 15 is 0 Å². The molecule has 46 heavy (non-hydrogen) atoms. The summed E-state index contributed by atoms with van der Waals surface area (Å²) >= 11 is 10.6. The molecule has 2 saturated heterocycles. The van der Waals surface area contributed by atoms with Crippen molar-refractivity contribution in [2.24, 2.45) is 11.8 Å². The lowest BCUT2D eigenvalue weighted by Gasteiger charge is -2.29. The number of H-pyrrole nitrogens is 2. The molecule has 0 radical (unpaired) electrons. The molecular formula is C36H36BrClN6O2. The van der Waals surface area contributed by atoms with Crippen molar-refractivity contribution in [3.05, 3.63) is 69.8 Å². The number of carbonyl (C=O) groups is 1. The minimum absolute atomic E-state index is 0.132. The van der Waals surface area contributed by atoms with Crippen molar-refractivity contribution < 1.29 is 9.53 Å². The number of hydrogen-bond acceptors (Lipinski definition) is 5. The van der Waals surface area contributed by atoms with Crippen molar-refractivity contribution in [2.45, 2.75) is 76.2 Å². The predicted octanol–water partition coefficient (Wildman–Crippen LogP) is 9.02. The van der Waals surface area contributed by atoms with Gasteiger partial charge in [-0.05, 0) is 105 Å². The van der Waals surface area contributed by atoms with E-state index in [1.807, 2.05) is 31.7 Å². The van der Waals surface area contributed by atoms with Crippen LogP contribution in [0.5, 0.6) is 0 Å². The summed E-state index contributed by atoms with van der Waals surface area (Å²) in [5.74, 6) is 3.17. The number of fused-ring (bicyclic) bond motifs is 5. The van der Waals surface area contributed by atoms with Crippen LogP contribution in [0.4, 0.5) is 4.79 Å². The molecule has 10 heteroatoms. The van der Waals surface area contributed by atoms with Gasteiger partial charge in [-0.1, -0.05) is 48.0 Å². The number of benzene rings is 3. The van der Waals surface area contributed by atoms with Gasteiger partial charge >= 0.3 is 6.09 Å². The van der Waals surface area contributed by atoms with Gasteiger partial charge in [-0.3, -0.25) is 9.80 Å². The molecule has 2 saturated carbocycles. The number of imidazole rings is 2. The lowest BCUT2D eigenvalue weighted by molar-refractivity contribution is 0.0175. The third kappa shape index (κ3) is 4.68. The van der Waals surface area contributed by atoms with Crippen molar-refractivity contribution in [1.29, 1.82) is 0 Å². The number of likely N-dealkylation sites (tertiary alicyclic amines) is 2. The molecule has 3 aromatic carbocycles. The number of nitrogens with one attached hydrogen (secondary N) is 2. The Morgan fingerprint density at radius 2 is 1.54 bits per heavy atom. The Balaban J connectivity index is 1.000. The van der Waals surface area contributed by atoms with Gasteiger partial charge in [-0.25, -0.2) is 14.8 Å². The molecular weight excluding hydrogens is 664 g/mol. The zero-order valence-electron chi connectivity index (χ0n) is 26.3. The maximum absolute atomic E-state index is 13.2. The molecule has 0 bridgehead atoms. The number of aromatic amines is 2. The minimum Gasteiger partial charge on any atom is -0.444 e. The van der Waals surface area contributed by atoms with E-state index in [0.717, 1.165) is 85.2 Å². The number of rotatable bonds is 4. The van der Waals surface area contributed by atoms with E-state index in [-0.39, 0.29) is 18.2 Å². The van der Waals surface area contributed by atoms with Gasteiger partial charge in [0, 0.05) is 28.4 Å². The quantitative estimate of drug-likeness (QED) is 0.195. The number of piperidine rings is 2. The number of ether oxygens (including phenoxy) is 1. The first kappa shape index (κ1) is 28.8. The molecule has 236 valence electrons. The average molecular weight is 700 g/mol. The molecule has 2 aromatic heterocycles. The third-order valence-electron chi connectivity index (χ3n) is 10.5. The highest BCUT2D eigenvalue weighted by molar-refractivity contribution is 9.10. The highest BCUT2D eigenvalue weighted by atomic mass is 79.9. The molecule has 4 aliphatic rings. The van der Waals surface area contributed by atoms with E-state index in [9.17, 15) is 4.79 Å². The van der Waals surface area contributed by atoms with E-state index in [2.05, 4.69) is 80.3 Å². The van der Waals surface area contributed by atoms with Crippen LogP contribution in [0.1, 0.15) is 70.2 Å². The van der Waals surface area contributed by atoms with Gasteiger partial charge in [-0.2, -0.15) is 0 Å². The second-order valence-corrected chi connectivity index (χ2v) is 15.9. The topological polar surface area (TPSA) is 90.1 Å². The van der Waals surface area contributed by atoms with E-state index in [0.29, 0.717) is 17.0 Å². The Morgan fingerprint density at radius 3 is 2.28 bits per heavy atom. The van der Waals surface area contributed by atoms with Crippen LogP contribution in [0.3, 0.4) is 0 Å². The van der Waals surface area contributed by atoms with Gasteiger partial charge < -0.3 is 14.7 Å². The highest BCUT2D eigenvalue weighted by Crippen LogP contribution is 2.54. The van der Waals surface area contributed by atoms with Crippen LogP contribution in [0, 0.1) is 11.8 Å². The fraction of sp³-hybridized carbons (Fsp3) is 0.417. The zero-order chi connectivity index (χ0) is 31.6. The lowest BCUT2D eigenvalue weighted by atomic mass is 9.99. The number of amides is 1. The van der Waals surface area contributed by atoms with E-state index in [1.165, 1.54) is 12.8 Å². The molecule has 2 N–H and O–H groups in total. The number of halogens is 2. The second kappa shape index (κ2) is 10.1. The van der Waals surface area contributed by atoms with Gasteiger partial charge in [0.2, 0.25) is 0 Å². The largest absolute Gasteiger partial charge is 0.444 e. The standard InChI is InChI=1S/C36H36BrClN6O2/c1-36(2,3)46-35(45)44-27-13-21(27)15-29(44)34-39-25-16-24(38)23-11-19(9-10-22(23)31(25)41-34)17-5-7-18(8-6-17)30-32(37)42-33(40-30)28-14-20-12-26(20)43(28)4/h5-11,16,20-21,26-29H,12-15H2,1-4H3,(H,39,41)(H,40,42)/t20-,21-,26-,27-,28+,29+/m1/s1. The molecule has 1 amide bonds. The van der Waals surface area contributed by atoms with Crippen LogP contribution in [0.25, 0.3) is 44.2 Å². The summed E-state index contributed by atoms with van der Waals surface area (Å²) in [6.45, 7) is 5.72. The molecule has 0 spiro atoms.